The second kappa shape index (κ2) is 20.8. The van der Waals surface area contributed by atoms with E-state index in [1.807, 2.05) is 0 Å². The van der Waals surface area contributed by atoms with E-state index >= 15 is 0 Å². The molecule has 0 aliphatic carbocycles. The SMILES string of the molecule is CCCCCCCCCCCCCCCCCCSC[C@H](O)COP(=O)(O)C(=O)O. The molecule has 0 aliphatic rings. The van der Waals surface area contributed by atoms with E-state index in [1.165, 1.54) is 96.3 Å². The summed E-state index contributed by atoms with van der Waals surface area (Å²) in [5.41, 5.74) is -1.89. The summed E-state index contributed by atoms with van der Waals surface area (Å²) in [6.45, 7) is 1.83. The van der Waals surface area contributed by atoms with Crippen LogP contribution in [0.2, 0.25) is 0 Å². The highest BCUT2D eigenvalue weighted by Crippen LogP contribution is 2.42. The van der Waals surface area contributed by atoms with Crippen LogP contribution in [0.15, 0.2) is 0 Å². The van der Waals surface area contributed by atoms with Crippen LogP contribution in [-0.4, -0.2) is 45.0 Å². The second-order valence-corrected chi connectivity index (χ2v) is 11.0. The monoisotopic (exact) mass is 468 g/mol. The fourth-order valence-electron chi connectivity index (χ4n) is 3.26. The molecule has 30 heavy (non-hydrogen) atoms. The zero-order chi connectivity index (χ0) is 22.5. The van der Waals surface area contributed by atoms with Crippen molar-refractivity contribution in [2.75, 3.05) is 18.1 Å². The Labute approximate surface area is 188 Å². The first-order valence-electron chi connectivity index (χ1n) is 11.9. The Morgan fingerprint density at radius 2 is 1.23 bits per heavy atom. The van der Waals surface area contributed by atoms with Gasteiger partial charge in [0.25, 0.3) is 0 Å². The molecule has 0 heterocycles. The Bertz CT molecular complexity index is 449. The normalized spacial score (nSPS) is 14.5. The Hall–Kier alpha value is -0.0700. The third kappa shape index (κ3) is 19.9. The van der Waals surface area contributed by atoms with E-state index in [0.717, 1.165) is 12.2 Å². The predicted octanol–water partition coefficient (Wildman–Crippen LogP) is 7.22. The number of hydrogen-bond donors (Lipinski definition) is 3. The highest BCUT2D eigenvalue weighted by atomic mass is 32.2. The van der Waals surface area contributed by atoms with Gasteiger partial charge in [0.15, 0.2) is 0 Å². The largest absolute Gasteiger partial charge is 0.472 e. The molecule has 0 spiro atoms. The highest BCUT2D eigenvalue weighted by Gasteiger charge is 2.30. The van der Waals surface area contributed by atoms with Gasteiger partial charge in [-0.3, -0.25) is 4.52 Å². The van der Waals surface area contributed by atoms with Crippen molar-refractivity contribution in [2.45, 2.75) is 116 Å². The summed E-state index contributed by atoms with van der Waals surface area (Å²) < 4.78 is 15.5. The summed E-state index contributed by atoms with van der Waals surface area (Å²) in [5.74, 6) is 1.30. The van der Waals surface area contributed by atoms with Gasteiger partial charge in [0.2, 0.25) is 0 Å². The van der Waals surface area contributed by atoms with Crippen molar-refractivity contribution in [1.82, 2.24) is 0 Å². The maximum Gasteiger partial charge on any atom is 0.435 e. The van der Waals surface area contributed by atoms with Crippen molar-refractivity contribution in [3.8, 4) is 0 Å². The Morgan fingerprint density at radius 1 is 0.833 bits per heavy atom. The van der Waals surface area contributed by atoms with Crippen LogP contribution in [0, 0.1) is 0 Å². The molecule has 1 unspecified atom stereocenters. The fraction of sp³-hybridized carbons (Fsp3) is 0.955. The zero-order valence-corrected chi connectivity index (χ0v) is 20.6. The van der Waals surface area contributed by atoms with Crippen LogP contribution < -0.4 is 0 Å². The van der Waals surface area contributed by atoms with Crippen LogP contribution in [0.4, 0.5) is 4.79 Å². The summed E-state index contributed by atoms with van der Waals surface area (Å²) >= 11 is 1.56. The number of carboxylic acid groups (broad SMARTS) is 1. The van der Waals surface area contributed by atoms with E-state index < -0.39 is 26.0 Å². The molecule has 0 rings (SSSR count). The molecule has 0 aromatic rings. The summed E-state index contributed by atoms with van der Waals surface area (Å²) in [7, 11) is -4.65. The maximum absolute atomic E-state index is 11.1. The second-order valence-electron chi connectivity index (χ2n) is 8.13. The molecule has 0 amide bonds. The van der Waals surface area contributed by atoms with Gasteiger partial charge in [0, 0.05) is 5.75 Å². The first-order valence-corrected chi connectivity index (χ1v) is 14.6. The number of unbranched alkanes of at least 4 members (excludes halogenated alkanes) is 15. The molecule has 8 heteroatoms. The Kier molecular flexibility index (Phi) is 20.8. The molecule has 180 valence electrons. The molecule has 0 aliphatic heterocycles. The molecule has 0 bridgehead atoms. The lowest BCUT2D eigenvalue weighted by Crippen LogP contribution is -2.18. The molecule has 3 N–H and O–H groups in total. The average Bonchev–Trinajstić information content (AvgIpc) is 2.71. The fourth-order valence-corrected chi connectivity index (χ4v) is 4.69. The van der Waals surface area contributed by atoms with Crippen molar-refractivity contribution < 1.29 is 29.0 Å². The Balaban J connectivity index is 3.24. The summed E-state index contributed by atoms with van der Waals surface area (Å²) in [4.78, 5) is 19.4. The van der Waals surface area contributed by atoms with Crippen molar-refractivity contribution in [3.05, 3.63) is 0 Å². The number of hydrogen-bond acceptors (Lipinski definition) is 5. The molecular formula is C22H45O6PS. The van der Waals surface area contributed by atoms with E-state index in [0.29, 0.717) is 5.75 Å². The minimum atomic E-state index is -4.65. The number of thioether (sulfide) groups is 1. The van der Waals surface area contributed by atoms with Crippen LogP contribution in [-0.2, 0) is 9.09 Å². The minimum absolute atomic E-state index is 0.373. The van der Waals surface area contributed by atoms with Gasteiger partial charge in [-0.15, -0.1) is 0 Å². The van der Waals surface area contributed by atoms with Crippen LogP contribution in [0.5, 0.6) is 0 Å². The zero-order valence-electron chi connectivity index (χ0n) is 18.9. The summed E-state index contributed by atoms with van der Waals surface area (Å²) in [5, 5.41) is 18.1. The quantitative estimate of drug-likeness (QED) is 0.107. The van der Waals surface area contributed by atoms with Gasteiger partial charge in [-0.05, 0) is 12.2 Å². The van der Waals surface area contributed by atoms with Crippen molar-refractivity contribution in [1.29, 1.82) is 0 Å². The van der Waals surface area contributed by atoms with E-state index in [1.54, 1.807) is 11.8 Å². The molecule has 0 aromatic carbocycles. The minimum Gasteiger partial charge on any atom is -0.472 e. The molecule has 2 atom stereocenters. The topological polar surface area (TPSA) is 104 Å². The number of aliphatic hydroxyl groups is 1. The number of rotatable bonds is 23. The van der Waals surface area contributed by atoms with E-state index in [9.17, 15) is 14.5 Å². The molecule has 0 radical (unpaired) electrons. The molecule has 0 saturated carbocycles. The first kappa shape index (κ1) is 29.9. The van der Waals surface area contributed by atoms with Gasteiger partial charge in [-0.2, -0.15) is 11.8 Å². The smallest absolute Gasteiger partial charge is 0.435 e. The average molecular weight is 469 g/mol. The van der Waals surface area contributed by atoms with Crippen LogP contribution in [0.25, 0.3) is 0 Å². The predicted molar refractivity (Wildman–Crippen MR) is 127 cm³/mol. The molecule has 0 saturated heterocycles. The van der Waals surface area contributed by atoms with Gasteiger partial charge < -0.3 is 15.1 Å². The lowest BCUT2D eigenvalue weighted by atomic mass is 10.0. The van der Waals surface area contributed by atoms with Gasteiger partial charge in [-0.25, -0.2) is 9.36 Å². The van der Waals surface area contributed by atoms with Crippen molar-refractivity contribution in [3.63, 3.8) is 0 Å². The Morgan fingerprint density at radius 3 is 1.63 bits per heavy atom. The van der Waals surface area contributed by atoms with Crippen LogP contribution in [0.3, 0.4) is 0 Å². The van der Waals surface area contributed by atoms with Gasteiger partial charge in [0.05, 0.1) is 12.7 Å². The highest BCUT2D eigenvalue weighted by molar-refractivity contribution is 7.99. The van der Waals surface area contributed by atoms with Crippen LogP contribution >= 0.6 is 19.4 Å². The molecular weight excluding hydrogens is 423 g/mol. The molecule has 0 fully saturated rings. The van der Waals surface area contributed by atoms with Gasteiger partial charge in [0.1, 0.15) is 0 Å². The summed E-state index contributed by atoms with van der Waals surface area (Å²) in [6.07, 6.45) is 20.5. The van der Waals surface area contributed by atoms with Crippen molar-refractivity contribution in [2.24, 2.45) is 0 Å². The van der Waals surface area contributed by atoms with Crippen molar-refractivity contribution >= 4 is 25.1 Å². The third-order valence-electron chi connectivity index (χ3n) is 5.14. The summed E-state index contributed by atoms with van der Waals surface area (Å²) in [6, 6.07) is 0. The molecule has 0 aromatic heterocycles. The number of aliphatic hydroxyl groups excluding tert-OH is 1. The third-order valence-corrected chi connectivity index (χ3v) is 7.32. The molecule has 6 nitrogen and oxygen atoms in total. The number of carbonyl (C=O) groups is 1. The van der Waals surface area contributed by atoms with E-state index in [4.69, 9.17) is 10.00 Å². The van der Waals surface area contributed by atoms with Gasteiger partial charge in [-0.1, -0.05) is 103 Å². The van der Waals surface area contributed by atoms with Gasteiger partial charge >= 0.3 is 13.3 Å². The van der Waals surface area contributed by atoms with Crippen LogP contribution in [0.1, 0.15) is 110 Å². The lowest BCUT2D eigenvalue weighted by Gasteiger charge is -2.12. The maximum atomic E-state index is 11.1. The van der Waals surface area contributed by atoms with E-state index in [2.05, 4.69) is 11.4 Å². The first-order chi connectivity index (χ1) is 14.4. The lowest BCUT2D eigenvalue weighted by molar-refractivity contribution is 0.115. The van der Waals surface area contributed by atoms with E-state index in [-0.39, 0.29) is 0 Å². The standard InChI is InChI=1S/C22H45O6PS/c1-2-3-4-5-6-7-8-9-10-11-12-13-14-15-16-17-18-30-20-21(23)19-28-29(26,27)22(24)25/h21,23H,2-20H2,1H3,(H,24,25)(H,26,27)/t21-/m1/s1.